The van der Waals surface area contributed by atoms with Gasteiger partial charge in [0, 0.05) is 13.1 Å². The number of hydrogen-bond donors (Lipinski definition) is 1. The number of carbonyl (C=O) groups excluding carboxylic acids is 2. The van der Waals surface area contributed by atoms with Gasteiger partial charge in [-0.3, -0.25) is 9.59 Å². The van der Waals surface area contributed by atoms with Crippen LogP contribution in [0.1, 0.15) is 34.6 Å². The van der Waals surface area contributed by atoms with Crippen LogP contribution in [0, 0.1) is 13.8 Å². The molecule has 0 radical (unpaired) electrons. The molecule has 1 heterocycles. The minimum absolute atomic E-state index is 0.0602. The molecule has 1 aliphatic carbocycles. The summed E-state index contributed by atoms with van der Waals surface area (Å²) < 4.78 is 1.76. The number of carbonyl (C=O) groups is 2. The van der Waals surface area contributed by atoms with Crippen molar-refractivity contribution in [2.45, 2.75) is 32.7 Å². The summed E-state index contributed by atoms with van der Waals surface area (Å²) in [6, 6.07) is 9.99. The molecule has 0 saturated heterocycles. The minimum atomic E-state index is -0.182. The van der Waals surface area contributed by atoms with E-state index in [0.29, 0.717) is 17.3 Å². The summed E-state index contributed by atoms with van der Waals surface area (Å²) in [6.07, 6.45) is 2.07. The Balaban J connectivity index is 1.79. The van der Waals surface area contributed by atoms with Crippen molar-refractivity contribution in [1.29, 1.82) is 0 Å². The van der Waals surface area contributed by atoms with E-state index in [1.54, 1.807) is 11.7 Å². The molecule has 6 heteroatoms. The molecule has 0 aliphatic heterocycles. The Morgan fingerprint density at radius 2 is 1.92 bits per heavy atom. The van der Waals surface area contributed by atoms with Crippen molar-refractivity contribution in [1.82, 2.24) is 20.0 Å². The molecule has 6 nitrogen and oxygen atoms in total. The van der Waals surface area contributed by atoms with Crippen LogP contribution in [-0.2, 0) is 4.79 Å². The first-order valence-electron chi connectivity index (χ1n) is 8.14. The topological polar surface area (TPSA) is 67.2 Å². The van der Waals surface area contributed by atoms with Gasteiger partial charge in [-0.25, -0.2) is 4.68 Å². The van der Waals surface area contributed by atoms with Crippen LogP contribution >= 0.6 is 0 Å². The predicted octanol–water partition coefficient (Wildman–Crippen LogP) is 1.84. The fourth-order valence-electron chi connectivity index (χ4n) is 2.75. The van der Waals surface area contributed by atoms with Gasteiger partial charge in [0.05, 0.1) is 29.2 Å². The zero-order valence-electron chi connectivity index (χ0n) is 14.2. The molecule has 1 N–H and O–H groups in total. The lowest BCUT2D eigenvalue weighted by atomic mass is 10.1. The van der Waals surface area contributed by atoms with Crippen LogP contribution < -0.4 is 5.32 Å². The van der Waals surface area contributed by atoms with Crippen molar-refractivity contribution < 1.29 is 9.59 Å². The van der Waals surface area contributed by atoms with E-state index in [1.165, 1.54) is 4.90 Å². The number of benzene rings is 1. The molecule has 1 saturated carbocycles. The first kappa shape index (κ1) is 16.2. The summed E-state index contributed by atoms with van der Waals surface area (Å²) in [7, 11) is 1.65. The number of nitrogens with one attached hydrogen (secondary N) is 1. The molecule has 0 bridgehead atoms. The third kappa shape index (κ3) is 3.32. The first-order valence-corrected chi connectivity index (χ1v) is 8.14. The summed E-state index contributed by atoms with van der Waals surface area (Å²) >= 11 is 0. The third-order valence-electron chi connectivity index (χ3n) is 4.18. The second kappa shape index (κ2) is 6.47. The first-order chi connectivity index (χ1) is 11.5. The molecule has 1 aliphatic rings. The van der Waals surface area contributed by atoms with Crippen LogP contribution in [0.2, 0.25) is 0 Å². The van der Waals surface area contributed by atoms with E-state index in [9.17, 15) is 9.59 Å². The molecule has 0 spiro atoms. The summed E-state index contributed by atoms with van der Waals surface area (Å²) in [5.41, 5.74) is 2.90. The predicted molar refractivity (Wildman–Crippen MR) is 91.2 cm³/mol. The van der Waals surface area contributed by atoms with Crippen LogP contribution in [0.5, 0.6) is 0 Å². The van der Waals surface area contributed by atoms with Crippen LogP contribution in [0.4, 0.5) is 0 Å². The van der Waals surface area contributed by atoms with Gasteiger partial charge in [-0.15, -0.1) is 0 Å². The van der Waals surface area contributed by atoms with Crippen molar-refractivity contribution >= 4 is 11.8 Å². The number of likely N-dealkylation sites (N-methyl/N-ethyl adjacent to an activating group) is 1. The van der Waals surface area contributed by atoms with E-state index in [-0.39, 0.29) is 18.4 Å². The maximum atomic E-state index is 12.8. The third-order valence-corrected chi connectivity index (χ3v) is 4.18. The van der Waals surface area contributed by atoms with Gasteiger partial charge < -0.3 is 10.2 Å². The van der Waals surface area contributed by atoms with Crippen LogP contribution in [0.15, 0.2) is 30.3 Å². The van der Waals surface area contributed by atoms with E-state index in [0.717, 1.165) is 24.2 Å². The SMILES string of the molecule is Cc1nn(-c2ccccc2)c(C)c1C(=O)N(C)CC(=O)NC1CC1. The molecular formula is C18H22N4O2. The van der Waals surface area contributed by atoms with Crippen LogP contribution in [0.25, 0.3) is 5.69 Å². The number of para-hydroxylation sites is 1. The molecule has 1 aromatic heterocycles. The van der Waals surface area contributed by atoms with Crippen LogP contribution in [0.3, 0.4) is 0 Å². The van der Waals surface area contributed by atoms with E-state index >= 15 is 0 Å². The average Bonchev–Trinajstić information content (AvgIpc) is 3.31. The smallest absolute Gasteiger partial charge is 0.257 e. The van der Waals surface area contributed by atoms with Crippen molar-refractivity contribution in [3.63, 3.8) is 0 Å². The van der Waals surface area contributed by atoms with Crippen molar-refractivity contribution in [3.8, 4) is 5.69 Å². The van der Waals surface area contributed by atoms with Gasteiger partial charge in [-0.2, -0.15) is 5.10 Å². The lowest BCUT2D eigenvalue weighted by Crippen LogP contribution is -2.39. The molecule has 1 aromatic carbocycles. The van der Waals surface area contributed by atoms with Gasteiger partial charge >= 0.3 is 0 Å². The van der Waals surface area contributed by atoms with Crippen molar-refractivity contribution in [3.05, 3.63) is 47.3 Å². The Bertz CT molecular complexity index is 763. The molecule has 2 aromatic rings. The molecule has 0 unspecified atom stereocenters. The second-order valence-electron chi connectivity index (χ2n) is 6.30. The van der Waals surface area contributed by atoms with E-state index < -0.39 is 0 Å². The quantitative estimate of drug-likeness (QED) is 0.912. The fourth-order valence-corrected chi connectivity index (χ4v) is 2.75. The Hall–Kier alpha value is -2.63. The summed E-state index contributed by atoms with van der Waals surface area (Å²) in [5.74, 6) is -0.294. The van der Waals surface area contributed by atoms with Gasteiger partial charge in [-0.05, 0) is 38.8 Å². The van der Waals surface area contributed by atoms with Gasteiger partial charge in [0.1, 0.15) is 0 Å². The lowest BCUT2D eigenvalue weighted by molar-refractivity contribution is -0.121. The van der Waals surface area contributed by atoms with Crippen molar-refractivity contribution in [2.24, 2.45) is 0 Å². The molecule has 1 fully saturated rings. The summed E-state index contributed by atoms with van der Waals surface area (Å²) in [5, 5.41) is 7.39. The number of rotatable bonds is 5. The number of nitrogens with zero attached hydrogens (tertiary/aromatic N) is 3. The Morgan fingerprint density at radius 1 is 1.25 bits per heavy atom. The average molecular weight is 326 g/mol. The standard InChI is InChI=1S/C18H22N4O2/c1-12-17(13(2)22(20-12)15-7-5-4-6-8-15)18(24)21(3)11-16(23)19-14-9-10-14/h4-8,14H,9-11H2,1-3H3,(H,19,23). The number of aromatic nitrogens is 2. The maximum Gasteiger partial charge on any atom is 0.257 e. The molecule has 126 valence electrons. The van der Waals surface area contributed by atoms with Gasteiger partial charge in [0.2, 0.25) is 5.91 Å². The van der Waals surface area contributed by atoms with Gasteiger partial charge in [0.25, 0.3) is 5.91 Å². The monoisotopic (exact) mass is 326 g/mol. The summed E-state index contributed by atoms with van der Waals surface area (Å²) in [4.78, 5) is 26.1. The van der Waals surface area contributed by atoms with Crippen LogP contribution in [-0.4, -0.2) is 46.1 Å². The van der Waals surface area contributed by atoms with E-state index in [2.05, 4.69) is 10.4 Å². The van der Waals surface area contributed by atoms with Gasteiger partial charge in [0.15, 0.2) is 0 Å². The molecule has 24 heavy (non-hydrogen) atoms. The minimum Gasteiger partial charge on any atom is -0.352 e. The molecule has 3 rings (SSSR count). The maximum absolute atomic E-state index is 12.8. The zero-order valence-corrected chi connectivity index (χ0v) is 14.2. The largest absolute Gasteiger partial charge is 0.352 e. The highest BCUT2D eigenvalue weighted by molar-refractivity contribution is 5.98. The highest BCUT2D eigenvalue weighted by Crippen LogP contribution is 2.20. The Labute approximate surface area is 141 Å². The van der Waals surface area contributed by atoms with E-state index in [1.807, 2.05) is 44.2 Å². The number of hydrogen-bond acceptors (Lipinski definition) is 3. The van der Waals surface area contributed by atoms with E-state index in [4.69, 9.17) is 0 Å². The normalized spacial score (nSPS) is 13.6. The lowest BCUT2D eigenvalue weighted by Gasteiger charge is -2.17. The highest BCUT2D eigenvalue weighted by Gasteiger charge is 2.26. The number of amides is 2. The fraction of sp³-hybridized carbons (Fsp3) is 0.389. The summed E-state index contributed by atoms with van der Waals surface area (Å²) in [6.45, 7) is 3.75. The Morgan fingerprint density at radius 3 is 2.54 bits per heavy atom. The van der Waals surface area contributed by atoms with Crippen molar-refractivity contribution in [2.75, 3.05) is 13.6 Å². The second-order valence-corrected chi connectivity index (χ2v) is 6.30. The molecular weight excluding hydrogens is 304 g/mol. The molecule has 2 amide bonds. The molecule has 0 atom stereocenters. The highest BCUT2D eigenvalue weighted by atomic mass is 16.2. The van der Waals surface area contributed by atoms with Gasteiger partial charge in [-0.1, -0.05) is 18.2 Å². The zero-order chi connectivity index (χ0) is 17.3. The Kier molecular flexibility index (Phi) is 4.38. The number of aryl methyl sites for hydroxylation is 1.